The van der Waals surface area contributed by atoms with Crippen molar-refractivity contribution in [1.29, 1.82) is 0 Å². The predicted octanol–water partition coefficient (Wildman–Crippen LogP) is 17.5. The minimum absolute atomic E-state index is 0.00998. The molecule has 4 aromatic heterocycles. The minimum atomic E-state index is -0.691. The summed E-state index contributed by atoms with van der Waals surface area (Å²) >= 11 is 0. The van der Waals surface area contributed by atoms with Crippen molar-refractivity contribution in [2.24, 2.45) is 0 Å². The molecule has 4 amide bonds. The molecule has 0 spiro atoms. The molecule has 12 N–H and O–H groups in total. The number of likely N-dealkylation sites (N-methyl/N-ethyl adjacent to an activating group) is 1. The maximum absolute atomic E-state index is 14.2. The average molecular weight is 1630 g/mol. The number of para-hydroxylation sites is 1. The molecule has 12 rings (SSSR count). The highest BCUT2D eigenvalue weighted by Gasteiger charge is 2.16. The number of rotatable bonds is 34. The van der Waals surface area contributed by atoms with Gasteiger partial charge < -0.3 is 87.6 Å². The number of aromatic nitrogens is 8. The molecular weight excluding hydrogens is 1540 g/mol. The molecule has 0 atom stereocenters. The third-order valence-electron chi connectivity index (χ3n) is 15.8. The fourth-order valence-electron chi connectivity index (χ4n) is 10.1. The lowest BCUT2D eigenvalue weighted by Crippen LogP contribution is -2.13. The molecule has 33 heteroatoms. The minimum Gasteiger partial charge on any atom is -0.491 e. The van der Waals surface area contributed by atoms with E-state index >= 15 is 0 Å². The molecule has 120 heavy (non-hydrogen) atoms. The fraction of sp³-hybridized carbons (Fsp3) is 0.126. The second-order valence-electron chi connectivity index (χ2n) is 25.5. The second kappa shape index (κ2) is 46.2. The summed E-state index contributed by atoms with van der Waals surface area (Å²) in [6.45, 7) is 16.3. The Morgan fingerprint density at radius 1 is 0.367 bits per heavy atom. The van der Waals surface area contributed by atoms with E-state index in [0.29, 0.717) is 95.1 Å². The molecule has 616 valence electrons. The van der Waals surface area contributed by atoms with Gasteiger partial charge in [0.25, 0.3) is 0 Å². The number of nitrogens with zero attached hydrogens (tertiary/aromatic N) is 9. The first-order chi connectivity index (χ1) is 58.1. The largest absolute Gasteiger partial charge is 0.491 e. The quantitative estimate of drug-likeness (QED) is 0.0101. The number of hydrogen-bond donors (Lipinski definition) is 12. The average Bonchev–Trinajstić information content (AvgIpc) is 0.927. The zero-order chi connectivity index (χ0) is 85.6. The molecule has 0 unspecified atom stereocenters. The van der Waals surface area contributed by atoms with Crippen molar-refractivity contribution in [2.75, 3.05) is 125 Å². The van der Waals surface area contributed by atoms with Gasteiger partial charge in [-0.3, -0.25) is 19.2 Å². The van der Waals surface area contributed by atoms with Crippen LogP contribution in [0.15, 0.2) is 269 Å². The Morgan fingerprint density at radius 2 is 0.717 bits per heavy atom. The van der Waals surface area contributed by atoms with Gasteiger partial charge in [-0.2, -0.15) is 19.9 Å². The molecule has 12 aromatic rings. The highest BCUT2D eigenvalue weighted by atomic mass is 19.1. The van der Waals surface area contributed by atoms with E-state index in [4.69, 9.17) is 18.9 Å². The standard InChI is InChI=1S/C23H25FN6O.C22H21F2N5O3.C22H22FN5O3.C20H19N5O/c1-16-7-4-8-17(13-16)27-22-20(24)15-25-23(29-22)28-19-10-5-9-18(14-19)26-21(31)11-6-12-30(2)3;1-3-20(30)26-14-5-4-6-15(11-14)27-21-18(24)13-25-22(29-21)28-16-7-8-19(17(23)12-16)32-10-9-31-2;1-3-20(29)25-16-5-4-6-17(13-16)26-21-19(23)14-24-22(28-21)27-15-7-9-18(10-8-15)31-12-11-30-2;1-3-18(26)22-16-10-7-11-17(12-16)23-19-14(2)13-21-20(25-19)24-15-8-5-4-6-9-15/h4-11,13-15H,12H2,1-3H3,(H,26,31)(H2,25,27,28,29);3-8,11-13H,1,9-10H2,2H3,(H,26,30)(H2,25,27,28,29);3-10,13-14H,1,11-12H2,2H3,(H,25,29)(H2,24,26,27,28);3-13H,1H2,2H3,(H,22,26)(H2,21,23,24,25)/b11-6+;;;. The number of benzene rings is 8. The fourth-order valence-corrected chi connectivity index (χ4v) is 10.1. The van der Waals surface area contributed by atoms with Crippen LogP contribution in [0.4, 0.5) is 133 Å². The van der Waals surface area contributed by atoms with Crippen LogP contribution >= 0.6 is 0 Å². The van der Waals surface area contributed by atoms with Gasteiger partial charge in [0.05, 0.1) is 31.8 Å². The van der Waals surface area contributed by atoms with Gasteiger partial charge in [-0.25, -0.2) is 37.5 Å². The van der Waals surface area contributed by atoms with Crippen LogP contribution in [0.3, 0.4) is 0 Å². The van der Waals surface area contributed by atoms with Crippen LogP contribution in [0.25, 0.3) is 0 Å². The summed E-state index contributed by atoms with van der Waals surface area (Å²) in [6.07, 6.45) is 11.7. The van der Waals surface area contributed by atoms with Crippen molar-refractivity contribution >= 4 is 139 Å². The molecular formula is C87H87F4N21O8. The van der Waals surface area contributed by atoms with E-state index in [0.717, 1.165) is 52.9 Å². The molecule has 0 saturated carbocycles. The molecule has 29 nitrogen and oxygen atoms in total. The third-order valence-corrected chi connectivity index (χ3v) is 15.8. The molecule has 0 aliphatic rings. The number of methoxy groups -OCH3 is 2. The molecule has 8 aromatic carbocycles. The lowest BCUT2D eigenvalue weighted by atomic mass is 10.2. The first-order valence-corrected chi connectivity index (χ1v) is 36.7. The summed E-state index contributed by atoms with van der Waals surface area (Å²) in [6, 6.07) is 56.7. The van der Waals surface area contributed by atoms with Crippen LogP contribution in [0.2, 0.25) is 0 Å². The monoisotopic (exact) mass is 1630 g/mol. The Kier molecular flexibility index (Phi) is 34.0. The number of ether oxygens (including phenoxy) is 4. The lowest BCUT2D eigenvalue weighted by molar-refractivity contribution is -0.112. The van der Waals surface area contributed by atoms with Crippen LogP contribution in [0.1, 0.15) is 11.1 Å². The Bertz CT molecular complexity index is 5500. The maximum Gasteiger partial charge on any atom is 0.248 e. The van der Waals surface area contributed by atoms with Gasteiger partial charge in [0.15, 0.2) is 46.5 Å². The molecule has 4 heterocycles. The number of hydrogen-bond acceptors (Lipinski definition) is 25. The third kappa shape index (κ3) is 30.0. The van der Waals surface area contributed by atoms with Crippen LogP contribution < -0.4 is 73.3 Å². The highest BCUT2D eigenvalue weighted by molar-refractivity contribution is 6.01. The van der Waals surface area contributed by atoms with Crippen LogP contribution in [-0.4, -0.2) is 130 Å². The summed E-state index contributed by atoms with van der Waals surface area (Å²) in [5.41, 5.74) is 9.48. The Morgan fingerprint density at radius 3 is 1.14 bits per heavy atom. The zero-order valence-electron chi connectivity index (χ0n) is 66.1. The van der Waals surface area contributed by atoms with E-state index in [1.54, 1.807) is 123 Å². The van der Waals surface area contributed by atoms with E-state index in [9.17, 15) is 36.7 Å². The first kappa shape index (κ1) is 88.5. The first-order valence-electron chi connectivity index (χ1n) is 36.7. The van der Waals surface area contributed by atoms with Crippen molar-refractivity contribution in [3.8, 4) is 11.5 Å². The van der Waals surface area contributed by atoms with E-state index in [1.807, 2.05) is 112 Å². The van der Waals surface area contributed by atoms with Crippen molar-refractivity contribution in [1.82, 2.24) is 44.8 Å². The van der Waals surface area contributed by atoms with Gasteiger partial charge in [-0.05, 0) is 185 Å². The summed E-state index contributed by atoms with van der Waals surface area (Å²) in [5.74, 6) is -1.21. The van der Waals surface area contributed by atoms with Gasteiger partial charge in [0, 0.05) is 113 Å². The number of nitrogens with one attached hydrogen (secondary N) is 12. The zero-order valence-corrected chi connectivity index (χ0v) is 66.1. The van der Waals surface area contributed by atoms with Gasteiger partial charge in [-0.15, -0.1) is 0 Å². The Balaban J connectivity index is 0.000000183. The number of carbonyl (C=O) groups is 4. The van der Waals surface area contributed by atoms with Gasteiger partial charge in [0.1, 0.15) is 24.8 Å². The van der Waals surface area contributed by atoms with Crippen LogP contribution in [0.5, 0.6) is 11.5 Å². The van der Waals surface area contributed by atoms with E-state index in [1.165, 1.54) is 37.5 Å². The molecule has 0 aliphatic carbocycles. The highest BCUT2D eigenvalue weighted by Crippen LogP contribution is 2.30. The number of halogens is 4. The van der Waals surface area contributed by atoms with Gasteiger partial charge >= 0.3 is 0 Å². The summed E-state index contributed by atoms with van der Waals surface area (Å²) in [7, 11) is 6.99. The number of amides is 4. The van der Waals surface area contributed by atoms with E-state index < -0.39 is 23.3 Å². The van der Waals surface area contributed by atoms with Gasteiger partial charge in [-0.1, -0.05) is 80.4 Å². The lowest BCUT2D eigenvalue weighted by Gasteiger charge is -2.12. The summed E-state index contributed by atoms with van der Waals surface area (Å²) in [4.78, 5) is 81.6. The molecule has 0 aliphatic heterocycles. The number of aryl methyl sites for hydroxylation is 2. The normalized spacial score (nSPS) is 10.4. The maximum atomic E-state index is 14.2. The molecule has 0 fully saturated rings. The number of anilines is 20. The molecule has 0 radical (unpaired) electrons. The van der Waals surface area contributed by atoms with Crippen LogP contribution in [0, 0.1) is 37.1 Å². The molecule has 0 bridgehead atoms. The summed E-state index contributed by atoms with van der Waals surface area (Å²) in [5, 5.41) is 34.8. The SMILES string of the molecule is C=CC(=O)Nc1cccc(Nc2nc(Nc3ccc(OCCOC)c(F)c3)ncc2F)c1.C=CC(=O)Nc1cccc(Nc2nc(Nc3ccc(OCCOC)cc3)ncc2F)c1.C=CC(=O)Nc1cccc(Nc2nc(Nc3ccccc3)ncc2C)c1.Cc1cccc(Nc2nc(Nc3cccc(NC(=O)/C=C/CN(C)C)c3)ncc2F)c1. The second-order valence-corrected chi connectivity index (χ2v) is 25.5. The van der Waals surface area contributed by atoms with E-state index in [-0.39, 0.29) is 71.3 Å². The summed E-state index contributed by atoms with van der Waals surface area (Å²) < 4.78 is 77.5. The topological polar surface area (TPSA) is 356 Å². The van der Waals surface area contributed by atoms with Gasteiger partial charge in [0.2, 0.25) is 47.4 Å². The van der Waals surface area contributed by atoms with E-state index in [2.05, 4.69) is 123 Å². The predicted molar refractivity (Wildman–Crippen MR) is 463 cm³/mol. The van der Waals surface area contributed by atoms with Crippen molar-refractivity contribution < 1.29 is 55.7 Å². The Labute approximate surface area is 690 Å². The number of carbonyl (C=O) groups excluding carboxylic acids is 4. The van der Waals surface area contributed by atoms with Crippen molar-refractivity contribution in [3.63, 3.8) is 0 Å². The molecule has 0 saturated heterocycles. The van der Waals surface area contributed by atoms with Crippen LogP contribution in [-0.2, 0) is 28.7 Å². The smallest absolute Gasteiger partial charge is 0.248 e. The van der Waals surface area contributed by atoms with Crippen molar-refractivity contribution in [2.45, 2.75) is 13.8 Å². The Hall–Kier alpha value is -15.5. The van der Waals surface area contributed by atoms with Crippen molar-refractivity contribution in [3.05, 3.63) is 303 Å².